The second-order valence-electron chi connectivity index (χ2n) is 11.4. The molecule has 0 amide bonds. The minimum atomic E-state index is -1.32. The molecule has 3 aromatic carbocycles. The average molecular weight is 579 g/mol. The largest absolute Gasteiger partial charge is 0.432 e. The molecule has 0 bridgehead atoms. The maximum Gasteiger partial charge on any atom is 0.313 e. The average Bonchev–Trinajstić information content (AvgIpc) is 3.00. The summed E-state index contributed by atoms with van der Waals surface area (Å²) in [5, 5.41) is 11.5. The molecule has 0 aromatic heterocycles. The molecule has 0 spiro atoms. The molecule has 1 aliphatic rings. The van der Waals surface area contributed by atoms with E-state index in [-0.39, 0.29) is 19.8 Å². The van der Waals surface area contributed by atoms with E-state index in [1.165, 1.54) is 0 Å². The maximum atomic E-state index is 12.9. The van der Waals surface area contributed by atoms with Crippen LogP contribution >= 0.6 is 0 Å². The number of aliphatic hydroxyl groups excluding tert-OH is 1. The van der Waals surface area contributed by atoms with E-state index in [9.17, 15) is 9.90 Å². The van der Waals surface area contributed by atoms with Gasteiger partial charge in [0.1, 0.15) is 30.5 Å². The Morgan fingerprint density at radius 3 is 1.74 bits per heavy atom. The summed E-state index contributed by atoms with van der Waals surface area (Å²) >= 11 is 0. The van der Waals surface area contributed by atoms with Gasteiger partial charge in [0.15, 0.2) is 0 Å². The summed E-state index contributed by atoms with van der Waals surface area (Å²) in [5.74, 6) is -0.509. The fraction of sp³-hybridized carbons (Fsp3) is 0.441. The Kier molecular flexibility index (Phi) is 11.7. The van der Waals surface area contributed by atoms with Crippen molar-refractivity contribution >= 4 is 5.97 Å². The number of rotatable bonds is 13. The first-order chi connectivity index (χ1) is 20.3. The Bertz CT molecular complexity index is 1200. The van der Waals surface area contributed by atoms with E-state index in [1.54, 1.807) is 27.9 Å². The van der Waals surface area contributed by atoms with Gasteiger partial charge in [0.05, 0.1) is 31.8 Å². The minimum Gasteiger partial charge on any atom is -0.432 e. The highest BCUT2D eigenvalue weighted by Crippen LogP contribution is 2.32. The Balaban J connectivity index is 1.60. The molecule has 1 aliphatic heterocycles. The number of esters is 1. The van der Waals surface area contributed by atoms with Gasteiger partial charge in [0.2, 0.25) is 6.29 Å². The first-order valence-electron chi connectivity index (χ1n) is 14.3. The van der Waals surface area contributed by atoms with E-state index >= 15 is 0 Å². The van der Waals surface area contributed by atoms with Gasteiger partial charge in [0, 0.05) is 7.11 Å². The second-order valence-corrected chi connectivity index (χ2v) is 11.4. The zero-order valence-corrected chi connectivity index (χ0v) is 24.8. The number of ether oxygens (including phenoxy) is 6. The molecule has 1 heterocycles. The van der Waals surface area contributed by atoms with Gasteiger partial charge in [-0.2, -0.15) is 0 Å². The number of aliphatic hydroxyl groups is 1. The highest BCUT2D eigenvalue weighted by Gasteiger charge is 2.51. The minimum absolute atomic E-state index is 0.169. The number of benzene rings is 3. The van der Waals surface area contributed by atoms with Crippen LogP contribution in [0.2, 0.25) is 0 Å². The number of methoxy groups -OCH3 is 1. The van der Waals surface area contributed by atoms with Crippen LogP contribution in [-0.2, 0) is 53.0 Å². The van der Waals surface area contributed by atoms with E-state index < -0.39 is 48.2 Å². The Labute approximate surface area is 248 Å². The lowest BCUT2D eigenvalue weighted by Gasteiger charge is -2.46. The maximum absolute atomic E-state index is 12.9. The third-order valence-corrected chi connectivity index (χ3v) is 7.02. The van der Waals surface area contributed by atoms with Crippen molar-refractivity contribution in [1.29, 1.82) is 0 Å². The fourth-order valence-electron chi connectivity index (χ4n) is 4.61. The van der Waals surface area contributed by atoms with E-state index in [0.717, 1.165) is 16.7 Å². The van der Waals surface area contributed by atoms with Gasteiger partial charge in [-0.05, 0) is 37.5 Å². The topological polar surface area (TPSA) is 92.7 Å². The first-order valence-corrected chi connectivity index (χ1v) is 14.3. The monoisotopic (exact) mass is 578 g/mol. The van der Waals surface area contributed by atoms with Gasteiger partial charge in [-0.3, -0.25) is 4.79 Å². The van der Waals surface area contributed by atoms with Crippen LogP contribution in [0.5, 0.6) is 0 Å². The molecule has 0 saturated carbocycles. The predicted molar refractivity (Wildman–Crippen MR) is 157 cm³/mol. The third kappa shape index (κ3) is 8.94. The van der Waals surface area contributed by atoms with Gasteiger partial charge < -0.3 is 33.5 Å². The second kappa shape index (κ2) is 15.4. The Morgan fingerprint density at radius 1 is 0.786 bits per heavy atom. The summed E-state index contributed by atoms with van der Waals surface area (Å²) < 4.78 is 36.7. The Morgan fingerprint density at radius 2 is 1.26 bits per heavy atom. The van der Waals surface area contributed by atoms with Crippen LogP contribution in [0.1, 0.15) is 37.5 Å². The van der Waals surface area contributed by atoms with Crippen molar-refractivity contribution < 1.29 is 38.3 Å². The summed E-state index contributed by atoms with van der Waals surface area (Å²) in [6.45, 7) is 6.23. The first kappa shape index (κ1) is 31.8. The summed E-state index contributed by atoms with van der Waals surface area (Å²) in [6.07, 6.45) is -5.72. The third-order valence-electron chi connectivity index (χ3n) is 7.02. The van der Waals surface area contributed by atoms with Crippen LogP contribution in [0, 0.1) is 5.41 Å². The van der Waals surface area contributed by atoms with Gasteiger partial charge >= 0.3 is 5.97 Å². The molecule has 0 unspecified atom stereocenters. The van der Waals surface area contributed by atoms with Crippen molar-refractivity contribution in [2.24, 2.45) is 5.41 Å². The van der Waals surface area contributed by atoms with Crippen molar-refractivity contribution in [3.8, 4) is 0 Å². The molecular weight excluding hydrogens is 536 g/mol. The summed E-state index contributed by atoms with van der Waals surface area (Å²) in [6, 6.07) is 29.2. The van der Waals surface area contributed by atoms with Crippen LogP contribution in [0.3, 0.4) is 0 Å². The zero-order valence-electron chi connectivity index (χ0n) is 24.8. The van der Waals surface area contributed by atoms with Crippen molar-refractivity contribution in [2.75, 3.05) is 13.7 Å². The standard InChI is InChI=1S/C34H42O8/c1-34(2,3)33(36)42-32-28(35)30(39-21-25-16-10-6-11-17-25)31(40-22-26-18-12-7-13-19-26)29(41-32)27(37-4)23-38-20-24-14-8-5-9-15-24/h5-19,27-32,35H,20-23H2,1-4H3/t27-,28+,29+,30+,31+,32-/m1/s1. The number of carbonyl (C=O) groups excluding carboxylic acids is 1. The molecule has 8 heteroatoms. The quantitative estimate of drug-likeness (QED) is 0.281. The SMILES string of the molecule is CO[C@H](COCc1ccccc1)[C@@H]1O[C@H](OC(=O)C(C)(C)C)[C@@H](O)[C@H](OCc2ccccc2)[C@H]1OCc1ccccc1. The molecule has 1 N–H and O–H groups in total. The van der Waals surface area contributed by atoms with E-state index in [4.69, 9.17) is 28.4 Å². The van der Waals surface area contributed by atoms with Crippen LogP contribution < -0.4 is 0 Å². The summed E-state index contributed by atoms with van der Waals surface area (Å²) in [4.78, 5) is 12.9. The van der Waals surface area contributed by atoms with E-state index in [1.807, 2.05) is 91.0 Å². The number of hydrogen-bond donors (Lipinski definition) is 1. The van der Waals surface area contributed by atoms with Crippen LogP contribution in [0.4, 0.5) is 0 Å². The molecule has 226 valence electrons. The number of carbonyl (C=O) groups is 1. The molecule has 42 heavy (non-hydrogen) atoms. The van der Waals surface area contributed by atoms with Gasteiger partial charge in [0.25, 0.3) is 0 Å². The smallest absolute Gasteiger partial charge is 0.313 e. The van der Waals surface area contributed by atoms with Crippen LogP contribution in [0.15, 0.2) is 91.0 Å². The molecule has 8 nitrogen and oxygen atoms in total. The van der Waals surface area contributed by atoms with Crippen molar-refractivity contribution in [2.45, 2.75) is 77.4 Å². The van der Waals surface area contributed by atoms with Crippen molar-refractivity contribution in [1.82, 2.24) is 0 Å². The predicted octanol–water partition coefficient (Wildman–Crippen LogP) is 5.06. The van der Waals surface area contributed by atoms with Gasteiger partial charge in [-0.25, -0.2) is 0 Å². The lowest BCUT2D eigenvalue weighted by molar-refractivity contribution is -0.322. The zero-order chi connectivity index (χ0) is 30.0. The highest BCUT2D eigenvalue weighted by atomic mass is 16.7. The van der Waals surface area contributed by atoms with E-state index in [0.29, 0.717) is 6.61 Å². The molecule has 1 saturated heterocycles. The van der Waals surface area contributed by atoms with Crippen molar-refractivity contribution in [3.63, 3.8) is 0 Å². The van der Waals surface area contributed by atoms with Crippen molar-refractivity contribution in [3.05, 3.63) is 108 Å². The van der Waals surface area contributed by atoms with Crippen LogP contribution in [0.25, 0.3) is 0 Å². The highest BCUT2D eigenvalue weighted by molar-refractivity contribution is 5.75. The van der Waals surface area contributed by atoms with Crippen LogP contribution in [-0.4, -0.2) is 61.6 Å². The lowest BCUT2D eigenvalue weighted by Crippen LogP contribution is -2.64. The Hall–Kier alpha value is -3.11. The molecule has 3 aromatic rings. The fourth-order valence-corrected chi connectivity index (χ4v) is 4.61. The molecule has 6 atom stereocenters. The summed E-state index contributed by atoms with van der Waals surface area (Å²) in [5.41, 5.74) is 2.08. The molecule has 0 radical (unpaired) electrons. The molecular formula is C34H42O8. The number of hydrogen-bond acceptors (Lipinski definition) is 8. The normalized spacial score (nSPS) is 23.3. The molecule has 4 rings (SSSR count). The van der Waals surface area contributed by atoms with Gasteiger partial charge in [-0.15, -0.1) is 0 Å². The lowest BCUT2D eigenvalue weighted by atomic mass is 9.94. The molecule has 1 fully saturated rings. The van der Waals surface area contributed by atoms with Gasteiger partial charge in [-0.1, -0.05) is 91.0 Å². The van der Waals surface area contributed by atoms with E-state index in [2.05, 4.69) is 0 Å². The summed E-state index contributed by atoms with van der Waals surface area (Å²) in [7, 11) is 1.56. The molecule has 0 aliphatic carbocycles.